The maximum absolute atomic E-state index is 10.3. The van der Waals surface area contributed by atoms with Crippen molar-refractivity contribution in [2.45, 2.75) is 0 Å². The molecular weight excluding hydrogens is 717 g/mol. The number of aromatic nitrogens is 2. The Morgan fingerprint density at radius 2 is 0.831 bits per heavy atom. The Kier molecular flexibility index (Phi) is 6.27. The molecule has 9 aromatic carbocycles. The maximum atomic E-state index is 10.3. The van der Waals surface area contributed by atoms with Crippen LogP contribution in [0.15, 0.2) is 211 Å². The highest BCUT2D eigenvalue weighted by Crippen LogP contribution is 2.53. The van der Waals surface area contributed by atoms with Gasteiger partial charge in [0, 0.05) is 44.8 Å². The molecule has 12 rings (SSSR count). The molecule has 3 nitrogen and oxygen atoms in total. The lowest BCUT2D eigenvalue weighted by molar-refractivity contribution is 0.600. The van der Waals surface area contributed by atoms with E-state index < -0.39 is 12.1 Å². The van der Waals surface area contributed by atoms with Crippen molar-refractivity contribution in [2.75, 3.05) is 0 Å². The predicted octanol–water partition coefficient (Wildman–Crippen LogP) is 15.3. The third-order valence-electron chi connectivity index (χ3n) is 11.5. The van der Waals surface area contributed by atoms with E-state index in [1.807, 2.05) is 121 Å². The fourth-order valence-electron chi connectivity index (χ4n) is 8.78. The van der Waals surface area contributed by atoms with Gasteiger partial charge < -0.3 is 4.42 Å². The van der Waals surface area contributed by atoms with E-state index in [1.54, 1.807) is 12.3 Å². The van der Waals surface area contributed by atoms with Crippen molar-refractivity contribution in [3.63, 3.8) is 0 Å². The lowest BCUT2D eigenvalue weighted by Gasteiger charge is -2.16. The van der Waals surface area contributed by atoms with Gasteiger partial charge in [-0.25, -0.2) is 4.98 Å². The summed E-state index contributed by atoms with van der Waals surface area (Å²) in [5.74, 6) is 0.930. The molecule has 0 saturated carbocycles. The number of furan rings is 1. The second kappa shape index (κ2) is 13.4. The molecule has 0 aliphatic heterocycles. The Balaban J connectivity index is 1.31. The van der Waals surface area contributed by atoms with Crippen molar-refractivity contribution in [1.82, 2.24) is 9.97 Å². The first-order valence-electron chi connectivity index (χ1n) is 22.6. The van der Waals surface area contributed by atoms with E-state index in [4.69, 9.17) is 12.1 Å². The lowest BCUT2D eigenvalue weighted by Crippen LogP contribution is -1.93. The molecule has 0 aliphatic carbocycles. The van der Waals surface area contributed by atoms with E-state index in [2.05, 4.69) is 41.4 Å². The van der Waals surface area contributed by atoms with Crippen molar-refractivity contribution in [1.29, 1.82) is 0 Å². The van der Waals surface area contributed by atoms with Gasteiger partial charge in [-0.05, 0) is 66.3 Å². The standard InChI is InChI=1S/C56H34N2O/c1-4-20-40-35(13-1)16-9-25-46(40)51-52(56(49-27-11-18-37-15-3-6-22-42(37)49)59-55(51)48-26-10-17-36-14-2-5-21-41(36)48)47-32-31-45(43-23-7-8-24-44(43)47)50-33-30-39-29-28-38-19-12-34-57-53(38)54(39)58-50/h1-34H/i7D,8D,23D,24D,31D,32D. The molecule has 0 fully saturated rings. The summed E-state index contributed by atoms with van der Waals surface area (Å²) in [7, 11) is 0. The van der Waals surface area contributed by atoms with Crippen molar-refractivity contribution in [3.8, 4) is 56.2 Å². The highest BCUT2D eigenvalue weighted by molar-refractivity contribution is 6.16. The number of rotatable bonds is 5. The monoisotopic (exact) mass is 756 g/mol. The van der Waals surface area contributed by atoms with Crippen LogP contribution in [-0.2, 0) is 0 Å². The first-order chi connectivity index (χ1) is 31.8. The number of benzene rings is 9. The van der Waals surface area contributed by atoms with Crippen LogP contribution in [0.2, 0.25) is 0 Å². The van der Waals surface area contributed by atoms with Gasteiger partial charge in [0.05, 0.1) is 25.0 Å². The largest absolute Gasteiger partial charge is 0.455 e. The third kappa shape index (κ3) is 5.29. The summed E-state index contributed by atoms with van der Waals surface area (Å²) in [5, 5.41) is 7.58. The van der Waals surface area contributed by atoms with Gasteiger partial charge in [0.1, 0.15) is 11.5 Å². The highest BCUT2D eigenvalue weighted by Gasteiger charge is 2.29. The minimum Gasteiger partial charge on any atom is -0.455 e. The summed E-state index contributed by atoms with van der Waals surface area (Å²) in [6, 6.07) is 51.7. The maximum Gasteiger partial charge on any atom is 0.143 e. The zero-order valence-corrected chi connectivity index (χ0v) is 31.5. The van der Waals surface area contributed by atoms with Crippen LogP contribution >= 0.6 is 0 Å². The Bertz CT molecular complexity index is 3980. The first kappa shape index (κ1) is 27.7. The van der Waals surface area contributed by atoms with Crippen LogP contribution in [0.3, 0.4) is 0 Å². The molecule has 12 aromatic rings. The molecule has 0 aliphatic rings. The van der Waals surface area contributed by atoms with Gasteiger partial charge in [0.2, 0.25) is 0 Å². The zero-order valence-electron chi connectivity index (χ0n) is 37.5. The Morgan fingerprint density at radius 3 is 1.47 bits per heavy atom. The zero-order chi connectivity index (χ0) is 44.1. The van der Waals surface area contributed by atoms with Gasteiger partial charge >= 0.3 is 0 Å². The molecule has 3 aromatic heterocycles. The molecule has 0 N–H and O–H groups in total. The van der Waals surface area contributed by atoms with Crippen LogP contribution in [0.5, 0.6) is 0 Å². The van der Waals surface area contributed by atoms with Crippen molar-refractivity contribution in [3.05, 3.63) is 206 Å². The minimum atomic E-state index is -0.454. The Labute approximate surface area is 348 Å². The van der Waals surface area contributed by atoms with Gasteiger partial charge in [-0.1, -0.05) is 188 Å². The summed E-state index contributed by atoms with van der Waals surface area (Å²) in [6.07, 6.45) is 1.70. The highest BCUT2D eigenvalue weighted by atomic mass is 16.3. The molecular formula is C56H34N2O. The molecule has 3 heterocycles. The summed E-state index contributed by atoms with van der Waals surface area (Å²) >= 11 is 0. The molecule has 0 saturated heterocycles. The second-order valence-corrected chi connectivity index (χ2v) is 14.7. The number of pyridine rings is 2. The minimum absolute atomic E-state index is 0.0905. The normalized spacial score (nSPS) is 13.2. The summed E-state index contributed by atoms with van der Waals surface area (Å²) < 4.78 is 65.3. The summed E-state index contributed by atoms with van der Waals surface area (Å²) in [5.41, 5.74) is 5.24. The predicted molar refractivity (Wildman–Crippen MR) is 247 cm³/mol. The molecule has 0 radical (unpaired) electrons. The van der Waals surface area contributed by atoms with Crippen LogP contribution in [-0.4, -0.2) is 9.97 Å². The topological polar surface area (TPSA) is 38.9 Å². The number of hydrogen-bond acceptors (Lipinski definition) is 3. The molecule has 0 atom stereocenters. The SMILES string of the molecule is [2H]c1c([2H])c([2H])c2c(-c3c(-c4cccc5ccccc45)oc(-c4cccc5ccccc45)c3-c3cccc4ccccc34)c([2H])c([2H])c(-c3ccc4ccc5cccnc5c4n3)c2c1[2H]. The van der Waals surface area contributed by atoms with Gasteiger partial charge in [-0.15, -0.1) is 0 Å². The molecule has 0 unspecified atom stereocenters. The average molecular weight is 757 g/mol. The van der Waals surface area contributed by atoms with Gasteiger partial charge in [-0.3, -0.25) is 4.98 Å². The van der Waals surface area contributed by atoms with E-state index in [-0.39, 0.29) is 46.1 Å². The van der Waals surface area contributed by atoms with E-state index in [0.717, 1.165) is 59.8 Å². The Hall–Kier alpha value is -7.88. The van der Waals surface area contributed by atoms with E-state index >= 15 is 0 Å². The fraction of sp³-hybridized carbons (Fsp3) is 0. The molecule has 0 bridgehead atoms. The second-order valence-electron chi connectivity index (χ2n) is 14.7. The lowest BCUT2D eigenvalue weighted by atomic mass is 9.85. The number of nitrogens with zero attached hydrogens (tertiary/aromatic N) is 2. The van der Waals surface area contributed by atoms with Gasteiger partial charge in [-0.2, -0.15) is 0 Å². The molecule has 0 amide bonds. The van der Waals surface area contributed by atoms with Crippen molar-refractivity contribution in [2.24, 2.45) is 0 Å². The summed E-state index contributed by atoms with van der Waals surface area (Å²) in [4.78, 5) is 9.73. The smallest absolute Gasteiger partial charge is 0.143 e. The van der Waals surface area contributed by atoms with Crippen molar-refractivity contribution < 1.29 is 12.6 Å². The molecule has 3 heteroatoms. The van der Waals surface area contributed by atoms with Crippen LogP contribution in [0.25, 0.3) is 121 Å². The molecule has 0 spiro atoms. The number of hydrogen-bond donors (Lipinski definition) is 0. The van der Waals surface area contributed by atoms with E-state index in [1.165, 1.54) is 0 Å². The van der Waals surface area contributed by atoms with Crippen LogP contribution < -0.4 is 0 Å². The summed E-state index contributed by atoms with van der Waals surface area (Å²) in [6.45, 7) is 0. The van der Waals surface area contributed by atoms with Gasteiger partial charge in [0.25, 0.3) is 0 Å². The van der Waals surface area contributed by atoms with Crippen LogP contribution in [0.4, 0.5) is 0 Å². The molecule has 274 valence electrons. The van der Waals surface area contributed by atoms with Crippen molar-refractivity contribution >= 4 is 64.9 Å². The first-order valence-corrected chi connectivity index (χ1v) is 19.6. The molecule has 59 heavy (non-hydrogen) atoms. The van der Waals surface area contributed by atoms with Gasteiger partial charge in [0.15, 0.2) is 0 Å². The van der Waals surface area contributed by atoms with E-state index in [9.17, 15) is 5.48 Å². The fourth-order valence-corrected chi connectivity index (χ4v) is 8.78. The average Bonchev–Trinajstić information content (AvgIpc) is 3.74. The van der Waals surface area contributed by atoms with E-state index in [0.29, 0.717) is 39.4 Å². The third-order valence-corrected chi connectivity index (χ3v) is 11.5. The number of fused-ring (bicyclic) bond motifs is 7. The quantitative estimate of drug-likeness (QED) is 0.164. The Morgan fingerprint density at radius 1 is 0.356 bits per heavy atom. The van der Waals surface area contributed by atoms with Crippen LogP contribution in [0, 0.1) is 0 Å². The van der Waals surface area contributed by atoms with Crippen LogP contribution in [0.1, 0.15) is 8.22 Å².